The Morgan fingerprint density at radius 1 is 1.18 bits per heavy atom. The van der Waals surface area contributed by atoms with Gasteiger partial charge in [0.15, 0.2) is 6.61 Å². The molecule has 6 nitrogen and oxygen atoms in total. The van der Waals surface area contributed by atoms with Gasteiger partial charge in [0.1, 0.15) is 11.3 Å². The lowest BCUT2D eigenvalue weighted by atomic mass is 9.90. The van der Waals surface area contributed by atoms with Crippen LogP contribution in [0.25, 0.3) is 11.0 Å². The number of nitrogens with zero attached hydrogens (tertiary/aromatic N) is 1. The van der Waals surface area contributed by atoms with E-state index in [1.54, 1.807) is 18.2 Å². The highest BCUT2D eigenvalue weighted by Crippen LogP contribution is 2.22. The van der Waals surface area contributed by atoms with Crippen molar-refractivity contribution in [2.24, 2.45) is 5.10 Å². The van der Waals surface area contributed by atoms with Gasteiger partial charge < -0.3 is 9.15 Å². The fraction of sp³-hybridized carbons (Fsp3) is 0.227. The van der Waals surface area contributed by atoms with Crippen molar-refractivity contribution < 1.29 is 13.9 Å². The number of amides is 1. The monoisotopic (exact) mass is 376 g/mol. The van der Waals surface area contributed by atoms with Crippen LogP contribution in [0.15, 0.2) is 62.8 Å². The lowest BCUT2D eigenvalue weighted by Gasteiger charge is -2.17. The van der Waals surface area contributed by atoms with Crippen LogP contribution in [-0.2, 0) is 11.2 Å². The number of aryl methyl sites for hydroxylation is 2. The number of ether oxygens (including phenoxy) is 1. The van der Waals surface area contributed by atoms with Crippen LogP contribution in [0.3, 0.4) is 0 Å². The lowest BCUT2D eigenvalue weighted by Crippen LogP contribution is -2.27. The molecule has 0 spiro atoms. The third kappa shape index (κ3) is 3.81. The summed E-state index contributed by atoms with van der Waals surface area (Å²) in [4.78, 5) is 23.6. The zero-order valence-electron chi connectivity index (χ0n) is 15.5. The van der Waals surface area contributed by atoms with Gasteiger partial charge in [-0.25, -0.2) is 10.2 Å². The molecule has 0 aliphatic heterocycles. The van der Waals surface area contributed by atoms with Crippen molar-refractivity contribution in [3.05, 3.63) is 75.6 Å². The summed E-state index contributed by atoms with van der Waals surface area (Å²) in [7, 11) is 0. The Kier molecular flexibility index (Phi) is 4.93. The number of rotatable bonds is 4. The Morgan fingerprint density at radius 2 is 2.04 bits per heavy atom. The first-order valence-electron chi connectivity index (χ1n) is 9.21. The van der Waals surface area contributed by atoms with Crippen LogP contribution in [-0.4, -0.2) is 18.2 Å². The number of hydrogen-bond acceptors (Lipinski definition) is 5. The smallest absolute Gasteiger partial charge is 0.336 e. The Hall–Kier alpha value is -3.41. The van der Waals surface area contributed by atoms with Gasteiger partial charge in [0.05, 0.1) is 5.71 Å². The molecule has 1 amide bonds. The topological polar surface area (TPSA) is 80.9 Å². The normalized spacial score (nSPS) is 14.7. The van der Waals surface area contributed by atoms with Crippen LogP contribution in [0.2, 0.25) is 0 Å². The molecular formula is C22H20N2O4. The van der Waals surface area contributed by atoms with Crippen LogP contribution in [0.4, 0.5) is 0 Å². The van der Waals surface area contributed by atoms with Crippen molar-refractivity contribution in [3.8, 4) is 5.75 Å². The standard InChI is InChI=1S/C22H20N2O4/c1-14-11-22(26)28-20-12-16(9-10-17(14)20)27-13-21(25)24-23-19-8-4-6-15-5-2-3-7-18(15)19/h2-3,5,7,9-12H,4,6,8,13H2,1H3,(H,24,25)/b23-19-. The molecule has 0 fully saturated rings. The number of nitrogens with one attached hydrogen (secondary N) is 1. The maximum absolute atomic E-state index is 12.1. The zero-order valence-corrected chi connectivity index (χ0v) is 15.5. The number of carbonyl (C=O) groups excluding carboxylic acids is 1. The summed E-state index contributed by atoms with van der Waals surface area (Å²) in [5.74, 6) is 0.105. The van der Waals surface area contributed by atoms with E-state index in [0.29, 0.717) is 11.3 Å². The van der Waals surface area contributed by atoms with Gasteiger partial charge in [-0.2, -0.15) is 5.10 Å². The molecule has 3 aromatic rings. The maximum Gasteiger partial charge on any atom is 0.336 e. The van der Waals surface area contributed by atoms with Gasteiger partial charge >= 0.3 is 5.63 Å². The van der Waals surface area contributed by atoms with Gasteiger partial charge in [-0.1, -0.05) is 24.3 Å². The molecule has 0 saturated carbocycles. The predicted octanol–water partition coefficient (Wildman–Crippen LogP) is 3.34. The van der Waals surface area contributed by atoms with Gasteiger partial charge in [0.25, 0.3) is 5.91 Å². The van der Waals surface area contributed by atoms with E-state index in [2.05, 4.69) is 16.6 Å². The summed E-state index contributed by atoms with van der Waals surface area (Å²) >= 11 is 0. The van der Waals surface area contributed by atoms with Crippen LogP contribution < -0.4 is 15.8 Å². The fourth-order valence-corrected chi connectivity index (χ4v) is 3.42. The molecule has 6 heteroatoms. The largest absolute Gasteiger partial charge is 0.484 e. The summed E-state index contributed by atoms with van der Waals surface area (Å²) in [5, 5.41) is 5.12. The van der Waals surface area contributed by atoms with E-state index in [0.717, 1.165) is 41.5 Å². The molecule has 0 atom stereocenters. The highest BCUT2D eigenvalue weighted by atomic mass is 16.5. The zero-order chi connectivity index (χ0) is 19.5. The second-order valence-corrected chi connectivity index (χ2v) is 6.80. The summed E-state index contributed by atoms with van der Waals surface area (Å²) < 4.78 is 10.7. The quantitative estimate of drug-likeness (QED) is 0.559. The van der Waals surface area contributed by atoms with Crippen molar-refractivity contribution in [2.75, 3.05) is 6.61 Å². The molecule has 1 aliphatic rings. The van der Waals surface area contributed by atoms with Gasteiger partial charge in [0, 0.05) is 23.1 Å². The first kappa shape index (κ1) is 18.0. The number of fused-ring (bicyclic) bond motifs is 2. The molecule has 4 rings (SSSR count). The van der Waals surface area contributed by atoms with E-state index in [1.165, 1.54) is 11.6 Å². The van der Waals surface area contributed by atoms with E-state index in [1.807, 2.05) is 25.1 Å². The van der Waals surface area contributed by atoms with E-state index < -0.39 is 5.63 Å². The van der Waals surface area contributed by atoms with E-state index >= 15 is 0 Å². The minimum Gasteiger partial charge on any atom is -0.484 e. The number of carbonyl (C=O) groups is 1. The Bertz CT molecular complexity index is 1130. The summed E-state index contributed by atoms with van der Waals surface area (Å²) in [6.07, 6.45) is 2.88. The molecule has 28 heavy (non-hydrogen) atoms. The molecule has 2 aromatic carbocycles. The van der Waals surface area contributed by atoms with Crippen LogP contribution in [0, 0.1) is 6.92 Å². The van der Waals surface area contributed by atoms with E-state index in [9.17, 15) is 9.59 Å². The van der Waals surface area contributed by atoms with Gasteiger partial charge in [-0.05, 0) is 49.4 Å². The highest BCUT2D eigenvalue weighted by molar-refractivity contribution is 6.03. The molecule has 0 saturated heterocycles. The van der Waals surface area contributed by atoms with Gasteiger partial charge in [-0.15, -0.1) is 0 Å². The minimum atomic E-state index is -0.413. The summed E-state index contributed by atoms with van der Waals surface area (Å²) in [5.41, 5.74) is 6.66. The van der Waals surface area contributed by atoms with Crippen LogP contribution >= 0.6 is 0 Å². The first-order valence-corrected chi connectivity index (χ1v) is 9.21. The number of hydrazone groups is 1. The van der Waals surface area contributed by atoms with Crippen molar-refractivity contribution in [1.82, 2.24) is 5.43 Å². The molecular weight excluding hydrogens is 356 g/mol. The second kappa shape index (κ2) is 7.68. The summed E-state index contributed by atoms with van der Waals surface area (Å²) in [6.45, 7) is 1.66. The van der Waals surface area contributed by atoms with Gasteiger partial charge in [-0.3, -0.25) is 4.79 Å². The highest BCUT2D eigenvalue weighted by Gasteiger charge is 2.15. The minimum absolute atomic E-state index is 0.181. The first-order chi connectivity index (χ1) is 13.6. The van der Waals surface area contributed by atoms with E-state index in [4.69, 9.17) is 9.15 Å². The maximum atomic E-state index is 12.1. The van der Waals surface area contributed by atoms with Crippen LogP contribution in [0.1, 0.15) is 29.5 Å². The number of benzene rings is 2. The number of hydrogen-bond donors (Lipinski definition) is 1. The fourth-order valence-electron chi connectivity index (χ4n) is 3.42. The third-order valence-electron chi connectivity index (χ3n) is 4.80. The molecule has 0 bridgehead atoms. The molecule has 1 N–H and O–H groups in total. The lowest BCUT2D eigenvalue weighted by molar-refractivity contribution is -0.123. The van der Waals surface area contributed by atoms with E-state index in [-0.39, 0.29) is 12.5 Å². The summed E-state index contributed by atoms with van der Waals surface area (Å²) in [6, 6.07) is 14.7. The predicted molar refractivity (Wildman–Crippen MR) is 107 cm³/mol. The molecule has 142 valence electrons. The van der Waals surface area contributed by atoms with Crippen LogP contribution in [0.5, 0.6) is 5.75 Å². The molecule has 0 radical (unpaired) electrons. The third-order valence-corrected chi connectivity index (χ3v) is 4.80. The van der Waals surface area contributed by atoms with Gasteiger partial charge in [0.2, 0.25) is 0 Å². The Balaban J connectivity index is 1.41. The average Bonchev–Trinajstić information content (AvgIpc) is 2.70. The molecule has 1 aliphatic carbocycles. The second-order valence-electron chi connectivity index (χ2n) is 6.80. The van der Waals surface area contributed by atoms with Crippen molar-refractivity contribution in [3.63, 3.8) is 0 Å². The molecule has 0 unspecified atom stereocenters. The van der Waals surface area contributed by atoms with Crippen molar-refractivity contribution in [1.29, 1.82) is 0 Å². The molecule has 1 heterocycles. The average molecular weight is 376 g/mol. The Morgan fingerprint density at radius 3 is 2.93 bits per heavy atom. The van der Waals surface area contributed by atoms with Crippen molar-refractivity contribution in [2.45, 2.75) is 26.2 Å². The Labute approximate surface area is 161 Å². The SMILES string of the molecule is Cc1cc(=O)oc2cc(OCC(=O)N/N=C3/CCCc4ccccc43)ccc12. The molecule has 1 aromatic heterocycles. The van der Waals surface area contributed by atoms with Crippen molar-refractivity contribution >= 4 is 22.6 Å².